The molecule has 0 bridgehead atoms. The van der Waals surface area contributed by atoms with E-state index in [0.29, 0.717) is 42.9 Å². The number of carbonyl (C=O) groups is 1. The zero-order valence-corrected chi connectivity index (χ0v) is 20.1. The molecule has 182 valence electrons. The van der Waals surface area contributed by atoms with E-state index in [1.54, 1.807) is 23.1 Å². The largest absolute Gasteiger partial charge is 0.492 e. The Morgan fingerprint density at radius 1 is 1.37 bits per heavy atom. The van der Waals surface area contributed by atoms with Crippen LogP contribution < -0.4 is 15.0 Å². The molecule has 2 N–H and O–H groups in total. The molecule has 5 rings (SSSR count). The molecule has 1 amide bonds. The molecule has 9 nitrogen and oxygen atoms in total. The number of pyridine rings is 2. The average Bonchev–Trinajstić information content (AvgIpc) is 3.26. The molecule has 2 atom stereocenters. The summed E-state index contributed by atoms with van der Waals surface area (Å²) in [6.45, 7) is 5.53. The second-order valence-electron chi connectivity index (χ2n) is 9.69. The van der Waals surface area contributed by atoms with Gasteiger partial charge in [0.2, 0.25) is 5.91 Å². The summed E-state index contributed by atoms with van der Waals surface area (Å²) in [7, 11) is 0. The Hall–Kier alpha value is -3.64. The maximum atomic E-state index is 12.6. The lowest BCUT2D eigenvalue weighted by atomic mass is 9.69. The Morgan fingerprint density at radius 2 is 2.20 bits per heavy atom. The van der Waals surface area contributed by atoms with Crippen LogP contribution in [-0.2, 0) is 4.79 Å². The van der Waals surface area contributed by atoms with Crippen molar-refractivity contribution in [1.82, 2.24) is 19.9 Å². The van der Waals surface area contributed by atoms with Crippen molar-refractivity contribution in [2.75, 3.05) is 24.6 Å². The van der Waals surface area contributed by atoms with Gasteiger partial charge in [0.25, 0.3) is 0 Å². The van der Waals surface area contributed by atoms with Crippen molar-refractivity contribution < 1.29 is 14.6 Å². The van der Waals surface area contributed by atoms with E-state index in [-0.39, 0.29) is 17.4 Å². The van der Waals surface area contributed by atoms with Crippen LogP contribution in [-0.4, -0.2) is 57.5 Å². The second-order valence-corrected chi connectivity index (χ2v) is 9.69. The first-order chi connectivity index (χ1) is 16.9. The SMILES string of the molecule is CCOc1cc(-c2ccc(N3CC[C@H](NC(=O)C4(C)CCC4)[C@@H](O)C3)nc2)c2c(C#N)cnn2c1. The average molecular weight is 475 g/mol. The van der Waals surface area contributed by atoms with Gasteiger partial charge in [0.05, 0.1) is 42.2 Å². The van der Waals surface area contributed by atoms with E-state index < -0.39 is 6.10 Å². The summed E-state index contributed by atoms with van der Waals surface area (Å²) in [4.78, 5) is 19.3. The third-order valence-corrected chi connectivity index (χ3v) is 7.30. The monoisotopic (exact) mass is 474 g/mol. The minimum absolute atomic E-state index is 0.0564. The van der Waals surface area contributed by atoms with Crippen LogP contribution in [0.4, 0.5) is 5.82 Å². The lowest BCUT2D eigenvalue weighted by Gasteiger charge is -2.41. The minimum Gasteiger partial charge on any atom is -0.492 e. The maximum Gasteiger partial charge on any atom is 0.226 e. The highest BCUT2D eigenvalue weighted by Gasteiger charge is 2.41. The molecule has 0 radical (unpaired) electrons. The van der Waals surface area contributed by atoms with Crippen molar-refractivity contribution in [3.63, 3.8) is 0 Å². The minimum atomic E-state index is -0.662. The number of nitriles is 1. The number of hydrogen-bond donors (Lipinski definition) is 2. The van der Waals surface area contributed by atoms with Crippen LogP contribution in [0.25, 0.3) is 16.6 Å². The molecule has 1 saturated carbocycles. The van der Waals surface area contributed by atoms with Crippen LogP contribution >= 0.6 is 0 Å². The number of carbonyl (C=O) groups excluding carboxylic acids is 1. The first kappa shape index (κ1) is 23.1. The molecule has 3 aromatic heterocycles. The van der Waals surface area contributed by atoms with E-state index in [0.717, 1.165) is 36.2 Å². The van der Waals surface area contributed by atoms with Gasteiger partial charge in [-0.2, -0.15) is 10.4 Å². The van der Waals surface area contributed by atoms with Gasteiger partial charge in [-0.3, -0.25) is 4.79 Å². The van der Waals surface area contributed by atoms with Crippen LogP contribution in [0, 0.1) is 16.7 Å². The number of nitrogens with one attached hydrogen (secondary N) is 1. The predicted molar refractivity (Wildman–Crippen MR) is 131 cm³/mol. The number of piperidine rings is 1. The number of anilines is 1. The van der Waals surface area contributed by atoms with E-state index >= 15 is 0 Å². The highest BCUT2D eigenvalue weighted by molar-refractivity contribution is 5.85. The third-order valence-electron chi connectivity index (χ3n) is 7.30. The molecule has 1 aliphatic heterocycles. The molecule has 0 aromatic carbocycles. The number of β-amino-alcohol motifs (C(OH)–C–C–N with tert-alkyl or cyclic N) is 1. The van der Waals surface area contributed by atoms with E-state index in [2.05, 4.69) is 21.5 Å². The summed E-state index contributed by atoms with van der Waals surface area (Å²) in [5.74, 6) is 1.48. The smallest absolute Gasteiger partial charge is 0.226 e. The Kier molecular flexibility index (Phi) is 6.07. The molecule has 2 fully saturated rings. The summed E-state index contributed by atoms with van der Waals surface area (Å²) in [6, 6.07) is 7.74. The Balaban J connectivity index is 1.33. The van der Waals surface area contributed by atoms with Crippen molar-refractivity contribution in [3.8, 4) is 22.9 Å². The molecule has 0 unspecified atom stereocenters. The number of aromatic nitrogens is 3. The molecule has 2 aliphatic rings. The fourth-order valence-corrected chi connectivity index (χ4v) is 4.96. The number of aliphatic hydroxyl groups excluding tert-OH is 1. The van der Waals surface area contributed by atoms with Gasteiger partial charge in [-0.05, 0) is 44.4 Å². The lowest BCUT2D eigenvalue weighted by molar-refractivity contribution is -0.136. The molecular formula is C26H30N6O3. The van der Waals surface area contributed by atoms with Gasteiger partial charge < -0.3 is 20.1 Å². The number of amides is 1. The molecule has 9 heteroatoms. The first-order valence-electron chi connectivity index (χ1n) is 12.2. The first-order valence-corrected chi connectivity index (χ1v) is 12.2. The number of nitrogens with zero attached hydrogens (tertiary/aromatic N) is 5. The van der Waals surface area contributed by atoms with Crippen LogP contribution in [0.15, 0.2) is 36.8 Å². The van der Waals surface area contributed by atoms with Crippen molar-refractivity contribution in [2.24, 2.45) is 5.41 Å². The van der Waals surface area contributed by atoms with E-state index in [9.17, 15) is 15.2 Å². The zero-order chi connectivity index (χ0) is 24.6. The van der Waals surface area contributed by atoms with Crippen molar-refractivity contribution >= 4 is 17.2 Å². The number of hydrogen-bond acceptors (Lipinski definition) is 7. The summed E-state index contributed by atoms with van der Waals surface area (Å²) >= 11 is 0. The van der Waals surface area contributed by atoms with Gasteiger partial charge in [-0.25, -0.2) is 9.50 Å². The van der Waals surface area contributed by atoms with Gasteiger partial charge in [0.15, 0.2) is 0 Å². The zero-order valence-electron chi connectivity index (χ0n) is 20.1. The highest BCUT2D eigenvalue weighted by atomic mass is 16.5. The maximum absolute atomic E-state index is 12.6. The van der Waals surface area contributed by atoms with E-state index in [4.69, 9.17) is 4.74 Å². The summed E-state index contributed by atoms with van der Waals surface area (Å²) in [6.07, 6.45) is 8.00. The summed E-state index contributed by atoms with van der Waals surface area (Å²) in [5, 5.41) is 27.6. The fourth-order valence-electron chi connectivity index (χ4n) is 4.96. The van der Waals surface area contributed by atoms with Gasteiger partial charge >= 0.3 is 0 Å². The third kappa shape index (κ3) is 4.30. The molecule has 1 aliphatic carbocycles. The molecule has 3 aromatic rings. The molecular weight excluding hydrogens is 444 g/mol. The van der Waals surface area contributed by atoms with Gasteiger partial charge in [0, 0.05) is 35.8 Å². The standard InChI is InChI=1S/C26H30N6O3/c1-3-35-19-11-20(24-18(12-27)14-29-32(24)15-19)17-5-6-23(28-13-17)31-10-7-21(22(33)16-31)30-25(34)26(2)8-4-9-26/h5-6,11,13-15,21-22,33H,3-4,7-10,16H2,1-2H3,(H,30,34)/t21-,22-/m0/s1. The molecule has 0 spiro atoms. The van der Waals surface area contributed by atoms with Gasteiger partial charge in [0.1, 0.15) is 17.6 Å². The number of ether oxygens (including phenoxy) is 1. The normalized spacial score (nSPS) is 21.3. The van der Waals surface area contributed by atoms with Crippen molar-refractivity contribution in [2.45, 2.75) is 51.7 Å². The van der Waals surface area contributed by atoms with E-state index in [1.807, 2.05) is 36.9 Å². The lowest BCUT2D eigenvalue weighted by Crippen LogP contribution is -2.57. The van der Waals surface area contributed by atoms with Gasteiger partial charge in [-0.15, -0.1) is 0 Å². The Labute approximate surface area is 204 Å². The number of rotatable bonds is 6. The van der Waals surface area contributed by atoms with Gasteiger partial charge in [-0.1, -0.05) is 13.3 Å². The fraction of sp³-hybridized carbons (Fsp3) is 0.462. The molecule has 35 heavy (non-hydrogen) atoms. The summed E-state index contributed by atoms with van der Waals surface area (Å²) in [5.41, 5.74) is 2.57. The quantitative estimate of drug-likeness (QED) is 0.564. The van der Waals surface area contributed by atoms with Crippen LogP contribution in [0.5, 0.6) is 5.75 Å². The molecule has 1 saturated heterocycles. The topological polar surface area (TPSA) is 116 Å². The Bertz CT molecular complexity index is 1270. The van der Waals surface area contributed by atoms with Crippen LogP contribution in [0.2, 0.25) is 0 Å². The summed E-state index contributed by atoms with van der Waals surface area (Å²) < 4.78 is 7.35. The number of aliphatic hydroxyl groups is 1. The highest BCUT2D eigenvalue weighted by Crippen LogP contribution is 2.40. The Morgan fingerprint density at radius 3 is 2.83 bits per heavy atom. The van der Waals surface area contributed by atoms with Crippen molar-refractivity contribution in [1.29, 1.82) is 5.26 Å². The van der Waals surface area contributed by atoms with Crippen molar-refractivity contribution in [3.05, 3.63) is 42.4 Å². The molecule has 4 heterocycles. The van der Waals surface area contributed by atoms with E-state index in [1.165, 1.54) is 0 Å². The van der Waals surface area contributed by atoms with Crippen LogP contribution in [0.3, 0.4) is 0 Å². The predicted octanol–water partition coefficient (Wildman–Crippen LogP) is 2.91. The van der Waals surface area contributed by atoms with Crippen LogP contribution in [0.1, 0.15) is 45.1 Å². The number of fused-ring (bicyclic) bond motifs is 1. The second kappa shape index (κ2) is 9.19.